The molecule has 0 radical (unpaired) electrons. The van der Waals surface area contributed by atoms with Gasteiger partial charge in [0.2, 0.25) is 5.91 Å². The van der Waals surface area contributed by atoms with E-state index in [0.717, 1.165) is 18.7 Å². The number of H-pyrrole nitrogens is 1. The van der Waals surface area contributed by atoms with Crippen molar-refractivity contribution >= 4 is 5.91 Å². The Kier molecular flexibility index (Phi) is 4.12. The van der Waals surface area contributed by atoms with Crippen molar-refractivity contribution in [3.63, 3.8) is 0 Å². The molecule has 0 bridgehead atoms. The van der Waals surface area contributed by atoms with E-state index >= 15 is 0 Å². The number of likely N-dealkylation sites (tertiary alicyclic amines) is 1. The Hall–Kier alpha value is -1.57. The van der Waals surface area contributed by atoms with Crippen molar-refractivity contribution in [2.24, 2.45) is 11.8 Å². The molecule has 2 atom stereocenters. The molecule has 3 rings (SSSR count). The molecule has 0 unspecified atom stereocenters. The number of alkyl halides is 3. The third-order valence-electron chi connectivity index (χ3n) is 4.66. The molecule has 122 valence electrons. The molecule has 1 aromatic heterocycles. The first kappa shape index (κ1) is 15.3. The summed E-state index contributed by atoms with van der Waals surface area (Å²) in [5.41, 5.74) is 0. The standard InChI is InChI=1S/C14H19F3N4O/c15-14(16,17)11-8-18-7-10(11)13(22)21-5-1-9(2-6-21)12-19-3-4-20-12/h3-4,9-11,18H,1-2,5-8H2,(H,19,20)/t10-,11-/m1/s1. The number of amides is 1. The van der Waals surface area contributed by atoms with Gasteiger partial charge < -0.3 is 15.2 Å². The molecule has 8 heteroatoms. The molecule has 2 aliphatic rings. The molecule has 5 nitrogen and oxygen atoms in total. The Morgan fingerprint density at radius 1 is 1.27 bits per heavy atom. The van der Waals surface area contributed by atoms with Crippen LogP contribution in [0.2, 0.25) is 0 Å². The van der Waals surface area contributed by atoms with Gasteiger partial charge in [-0.1, -0.05) is 0 Å². The maximum Gasteiger partial charge on any atom is 0.393 e. The van der Waals surface area contributed by atoms with Crippen LogP contribution in [0.15, 0.2) is 12.4 Å². The third-order valence-corrected chi connectivity index (χ3v) is 4.66. The number of aromatic amines is 1. The van der Waals surface area contributed by atoms with E-state index in [1.54, 1.807) is 17.3 Å². The lowest BCUT2D eigenvalue weighted by molar-refractivity contribution is -0.185. The fraction of sp³-hybridized carbons (Fsp3) is 0.714. The number of carbonyl (C=O) groups is 1. The van der Waals surface area contributed by atoms with Gasteiger partial charge in [-0.3, -0.25) is 4.79 Å². The summed E-state index contributed by atoms with van der Waals surface area (Å²) in [6.45, 7) is 0.931. The second-order valence-corrected chi connectivity index (χ2v) is 5.99. The van der Waals surface area contributed by atoms with Gasteiger partial charge in [-0.2, -0.15) is 13.2 Å². The molecule has 0 saturated carbocycles. The fourth-order valence-corrected chi connectivity index (χ4v) is 3.39. The zero-order chi connectivity index (χ0) is 15.7. The van der Waals surface area contributed by atoms with E-state index < -0.39 is 18.0 Å². The predicted octanol–water partition coefficient (Wildman–Crippen LogP) is 1.51. The highest BCUT2D eigenvalue weighted by atomic mass is 19.4. The molecule has 1 amide bonds. The van der Waals surface area contributed by atoms with Gasteiger partial charge in [0.25, 0.3) is 0 Å². The summed E-state index contributed by atoms with van der Waals surface area (Å²) in [5.74, 6) is -1.78. The molecule has 3 heterocycles. The smallest absolute Gasteiger partial charge is 0.348 e. The monoisotopic (exact) mass is 316 g/mol. The Labute approximate surface area is 126 Å². The van der Waals surface area contributed by atoms with E-state index in [1.807, 2.05) is 0 Å². The second kappa shape index (κ2) is 5.91. The van der Waals surface area contributed by atoms with Crippen LogP contribution in [-0.2, 0) is 4.79 Å². The van der Waals surface area contributed by atoms with Gasteiger partial charge in [0.05, 0.1) is 11.8 Å². The quantitative estimate of drug-likeness (QED) is 0.869. The lowest BCUT2D eigenvalue weighted by Crippen LogP contribution is -2.45. The molecular weight excluding hydrogens is 297 g/mol. The average molecular weight is 316 g/mol. The summed E-state index contributed by atoms with van der Waals surface area (Å²) >= 11 is 0. The Morgan fingerprint density at radius 2 is 2.00 bits per heavy atom. The van der Waals surface area contributed by atoms with Crippen molar-refractivity contribution < 1.29 is 18.0 Å². The van der Waals surface area contributed by atoms with Crippen molar-refractivity contribution in [3.8, 4) is 0 Å². The topological polar surface area (TPSA) is 61.0 Å². The van der Waals surface area contributed by atoms with Crippen LogP contribution in [0.25, 0.3) is 0 Å². The summed E-state index contributed by atoms with van der Waals surface area (Å²) in [6, 6.07) is 0. The Morgan fingerprint density at radius 3 is 2.59 bits per heavy atom. The average Bonchev–Trinajstić information content (AvgIpc) is 3.17. The number of rotatable bonds is 2. The fourth-order valence-electron chi connectivity index (χ4n) is 3.39. The molecule has 2 saturated heterocycles. The van der Waals surface area contributed by atoms with Gasteiger partial charge in [-0.15, -0.1) is 0 Å². The van der Waals surface area contributed by atoms with Crippen molar-refractivity contribution in [1.29, 1.82) is 0 Å². The number of nitrogens with zero attached hydrogens (tertiary/aromatic N) is 2. The molecule has 0 spiro atoms. The Balaban J connectivity index is 1.60. The minimum atomic E-state index is -4.32. The molecule has 0 aliphatic carbocycles. The van der Waals surface area contributed by atoms with E-state index in [4.69, 9.17) is 0 Å². The number of hydrogen-bond acceptors (Lipinski definition) is 3. The minimum Gasteiger partial charge on any atom is -0.348 e. The highest BCUT2D eigenvalue weighted by molar-refractivity contribution is 5.80. The number of nitrogens with one attached hydrogen (secondary N) is 2. The molecular formula is C14H19F3N4O. The number of aromatic nitrogens is 2. The molecule has 2 fully saturated rings. The second-order valence-electron chi connectivity index (χ2n) is 5.99. The lowest BCUT2D eigenvalue weighted by Gasteiger charge is -2.34. The minimum absolute atomic E-state index is 0.112. The summed E-state index contributed by atoms with van der Waals surface area (Å²) in [7, 11) is 0. The first-order valence-corrected chi connectivity index (χ1v) is 7.52. The number of piperidine rings is 1. The van der Waals surface area contributed by atoms with Crippen molar-refractivity contribution in [2.45, 2.75) is 24.9 Å². The van der Waals surface area contributed by atoms with E-state index in [2.05, 4.69) is 15.3 Å². The van der Waals surface area contributed by atoms with Gasteiger partial charge >= 0.3 is 6.18 Å². The maximum atomic E-state index is 13.0. The van der Waals surface area contributed by atoms with Crippen molar-refractivity contribution in [2.75, 3.05) is 26.2 Å². The van der Waals surface area contributed by atoms with Crippen LogP contribution in [-0.4, -0.2) is 53.1 Å². The van der Waals surface area contributed by atoms with Crippen LogP contribution in [0, 0.1) is 11.8 Å². The van der Waals surface area contributed by atoms with Gasteiger partial charge in [0.15, 0.2) is 0 Å². The van der Waals surface area contributed by atoms with Crippen LogP contribution < -0.4 is 5.32 Å². The van der Waals surface area contributed by atoms with E-state index in [0.29, 0.717) is 13.1 Å². The van der Waals surface area contributed by atoms with Crippen LogP contribution in [0.1, 0.15) is 24.6 Å². The highest BCUT2D eigenvalue weighted by Crippen LogP contribution is 2.36. The van der Waals surface area contributed by atoms with E-state index in [-0.39, 0.29) is 24.9 Å². The zero-order valence-electron chi connectivity index (χ0n) is 12.1. The van der Waals surface area contributed by atoms with Crippen molar-refractivity contribution in [1.82, 2.24) is 20.2 Å². The van der Waals surface area contributed by atoms with E-state index in [1.165, 1.54) is 0 Å². The normalized spacial score (nSPS) is 27.3. The largest absolute Gasteiger partial charge is 0.393 e. The molecule has 2 aliphatic heterocycles. The van der Waals surface area contributed by atoms with Crippen LogP contribution in [0.3, 0.4) is 0 Å². The molecule has 1 aromatic rings. The lowest BCUT2D eigenvalue weighted by atomic mass is 9.91. The Bertz CT molecular complexity index is 509. The number of carbonyl (C=O) groups excluding carboxylic acids is 1. The van der Waals surface area contributed by atoms with E-state index in [9.17, 15) is 18.0 Å². The zero-order valence-corrected chi connectivity index (χ0v) is 12.1. The number of imidazole rings is 1. The van der Waals surface area contributed by atoms with Gasteiger partial charge in [0.1, 0.15) is 5.82 Å². The highest BCUT2D eigenvalue weighted by Gasteiger charge is 2.50. The molecule has 0 aromatic carbocycles. The molecule has 2 N–H and O–H groups in total. The summed E-state index contributed by atoms with van der Waals surface area (Å²) in [4.78, 5) is 21.3. The summed E-state index contributed by atoms with van der Waals surface area (Å²) in [6.07, 6.45) is 0.582. The maximum absolute atomic E-state index is 13.0. The summed E-state index contributed by atoms with van der Waals surface area (Å²) < 4.78 is 38.9. The number of halogens is 3. The van der Waals surface area contributed by atoms with Crippen LogP contribution in [0.4, 0.5) is 13.2 Å². The first-order valence-electron chi connectivity index (χ1n) is 7.52. The SMILES string of the molecule is O=C([C@@H]1CNC[C@H]1C(F)(F)F)N1CCC(c2ncc[nH]2)CC1. The third kappa shape index (κ3) is 2.97. The van der Waals surface area contributed by atoms with Crippen LogP contribution >= 0.6 is 0 Å². The number of hydrogen-bond donors (Lipinski definition) is 2. The van der Waals surface area contributed by atoms with Crippen LogP contribution in [0.5, 0.6) is 0 Å². The van der Waals surface area contributed by atoms with Gasteiger partial charge in [-0.25, -0.2) is 4.98 Å². The molecule has 22 heavy (non-hydrogen) atoms. The van der Waals surface area contributed by atoms with Crippen molar-refractivity contribution in [3.05, 3.63) is 18.2 Å². The first-order chi connectivity index (χ1) is 10.5. The van der Waals surface area contributed by atoms with Gasteiger partial charge in [-0.05, 0) is 12.8 Å². The van der Waals surface area contributed by atoms with Gasteiger partial charge in [0, 0.05) is 44.5 Å². The summed E-state index contributed by atoms with van der Waals surface area (Å²) in [5, 5.41) is 2.70. The predicted molar refractivity (Wildman–Crippen MR) is 73.0 cm³/mol.